The molecule has 0 spiro atoms. The van der Waals surface area contributed by atoms with Crippen LogP contribution in [0.25, 0.3) is 11.1 Å². The van der Waals surface area contributed by atoms with E-state index in [4.69, 9.17) is 23.2 Å². The third-order valence-electron chi connectivity index (χ3n) is 2.21. The van der Waals surface area contributed by atoms with Gasteiger partial charge in [-0.05, 0) is 23.8 Å². The number of benzene rings is 1. The van der Waals surface area contributed by atoms with Crippen molar-refractivity contribution in [1.82, 2.24) is 4.98 Å². The van der Waals surface area contributed by atoms with Gasteiger partial charge < -0.3 is 0 Å². The molecule has 2 nitrogen and oxygen atoms in total. The lowest BCUT2D eigenvalue weighted by atomic mass is 10.0. The highest BCUT2D eigenvalue weighted by Gasteiger charge is 2.06. The third kappa shape index (κ3) is 2.08. The molecule has 1 aromatic carbocycles. The first-order valence-electron chi connectivity index (χ1n) is 4.57. The fraction of sp³-hybridized carbons (Fsp3) is 0. The Hall–Kier alpha value is -1.38. The molecule has 0 radical (unpaired) electrons. The Balaban J connectivity index is 2.58. The van der Waals surface area contributed by atoms with Gasteiger partial charge in [-0.3, -0.25) is 9.78 Å². The molecule has 0 aliphatic rings. The van der Waals surface area contributed by atoms with Crippen LogP contribution in [0.15, 0.2) is 36.7 Å². The summed E-state index contributed by atoms with van der Waals surface area (Å²) in [5, 5.41) is 0.946. The maximum Gasteiger partial charge on any atom is 0.150 e. The minimum atomic E-state index is 0.458. The fourth-order valence-electron chi connectivity index (χ4n) is 1.41. The van der Waals surface area contributed by atoms with Crippen LogP contribution in [-0.2, 0) is 0 Å². The molecule has 16 heavy (non-hydrogen) atoms. The quantitative estimate of drug-likeness (QED) is 0.759. The normalized spacial score (nSPS) is 10.1. The van der Waals surface area contributed by atoms with Crippen molar-refractivity contribution in [3.8, 4) is 11.1 Å². The zero-order valence-corrected chi connectivity index (χ0v) is 9.66. The lowest BCUT2D eigenvalue weighted by Crippen LogP contribution is -1.88. The van der Waals surface area contributed by atoms with Crippen molar-refractivity contribution in [3.05, 3.63) is 52.3 Å². The van der Waals surface area contributed by atoms with Gasteiger partial charge >= 0.3 is 0 Å². The average Bonchev–Trinajstić information content (AvgIpc) is 2.32. The number of hydrogen-bond donors (Lipinski definition) is 0. The van der Waals surface area contributed by atoms with Gasteiger partial charge in [0.15, 0.2) is 6.29 Å². The lowest BCUT2D eigenvalue weighted by molar-refractivity contribution is 0.112. The molecule has 1 aromatic heterocycles. The van der Waals surface area contributed by atoms with Gasteiger partial charge in [0.2, 0.25) is 0 Å². The van der Waals surface area contributed by atoms with Gasteiger partial charge in [-0.15, -0.1) is 0 Å². The summed E-state index contributed by atoms with van der Waals surface area (Å²) in [5.74, 6) is 0. The monoisotopic (exact) mass is 251 g/mol. The van der Waals surface area contributed by atoms with E-state index >= 15 is 0 Å². The van der Waals surface area contributed by atoms with E-state index in [-0.39, 0.29) is 0 Å². The molecule has 0 aliphatic carbocycles. The first-order valence-corrected chi connectivity index (χ1v) is 5.32. The predicted molar refractivity (Wildman–Crippen MR) is 65.1 cm³/mol. The molecule has 0 aliphatic heterocycles. The van der Waals surface area contributed by atoms with E-state index in [9.17, 15) is 4.79 Å². The highest BCUT2D eigenvalue weighted by molar-refractivity contribution is 6.42. The molecule has 0 atom stereocenters. The van der Waals surface area contributed by atoms with E-state index in [1.165, 1.54) is 0 Å². The van der Waals surface area contributed by atoms with Crippen LogP contribution in [0.3, 0.4) is 0 Å². The largest absolute Gasteiger partial charge is 0.298 e. The van der Waals surface area contributed by atoms with Gasteiger partial charge in [0.25, 0.3) is 0 Å². The Kier molecular flexibility index (Phi) is 3.22. The van der Waals surface area contributed by atoms with Crippen LogP contribution >= 0.6 is 23.2 Å². The van der Waals surface area contributed by atoms with Crippen molar-refractivity contribution in [2.24, 2.45) is 0 Å². The van der Waals surface area contributed by atoms with Gasteiger partial charge in [-0.25, -0.2) is 0 Å². The molecule has 2 aromatic rings. The standard InChI is InChI=1S/C12H7Cl2NO/c13-11-2-1-8(5-12(11)14)10-6-15-4-3-9(10)7-16/h1-7H. The molecule has 0 amide bonds. The second-order valence-corrected chi connectivity index (χ2v) is 4.02. The fourth-order valence-corrected chi connectivity index (χ4v) is 1.71. The summed E-state index contributed by atoms with van der Waals surface area (Å²) in [4.78, 5) is 14.9. The molecule has 0 saturated heterocycles. The van der Waals surface area contributed by atoms with Crippen LogP contribution < -0.4 is 0 Å². The summed E-state index contributed by atoms with van der Waals surface area (Å²) >= 11 is 11.7. The number of aromatic nitrogens is 1. The number of pyridine rings is 1. The summed E-state index contributed by atoms with van der Waals surface area (Å²) in [7, 11) is 0. The Labute approximate surface area is 103 Å². The second-order valence-electron chi connectivity index (χ2n) is 3.21. The Morgan fingerprint density at radius 3 is 2.62 bits per heavy atom. The summed E-state index contributed by atoms with van der Waals surface area (Å²) in [6, 6.07) is 6.87. The zero-order chi connectivity index (χ0) is 11.5. The van der Waals surface area contributed by atoms with Crippen LogP contribution in [0.2, 0.25) is 10.0 Å². The van der Waals surface area contributed by atoms with Crippen molar-refractivity contribution < 1.29 is 4.79 Å². The van der Waals surface area contributed by atoms with Crippen molar-refractivity contribution in [2.75, 3.05) is 0 Å². The number of rotatable bonds is 2. The number of carbonyl (C=O) groups excluding carboxylic acids is 1. The number of nitrogens with zero attached hydrogens (tertiary/aromatic N) is 1. The van der Waals surface area contributed by atoms with E-state index in [1.807, 2.05) is 0 Å². The molecule has 0 unspecified atom stereocenters. The summed E-state index contributed by atoms with van der Waals surface area (Å²) in [5.41, 5.74) is 2.15. The van der Waals surface area contributed by atoms with E-state index in [0.29, 0.717) is 15.6 Å². The van der Waals surface area contributed by atoms with Gasteiger partial charge in [0.05, 0.1) is 10.0 Å². The Bertz CT molecular complexity index is 540. The van der Waals surface area contributed by atoms with E-state index < -0.39 is 0 Å². The first kappa shape index (κ1) is 11.1. The van der Waals surface area contributed by atoms with Crippen LogP contribution in [-0.4, -0.2) is 11.3 Å². The second kappa shape index (κ2) is 4.64. The van der Waals surface area contributed by atoms with E-state index in [2.05, 4.69) is 4.98 Å². The predicted octanol–water partition coefficient (Wildman–Crippen LogP) is 3.87. The number of hydrogen-bond acceptors (Lipinski definition) is 2. The highest BCUT2D eigenvalue weighted by atomic mass is 35.5. The summed E-state index contributed by atoms with van der Waals surface area (Å²) in [6.45, 7) is 0. The first-order chi connectivity index (χ1) is 7.72. The van der Waals surface area contributed by atoms with Gasteiger partial charge in [-0.1, -0.05) is 29.3 Å². The molecule has 2 rings (SSSR count). The number of halogens is 2. The molecule has 0 saturated carbocycles. The average molecular weight is 252 g/mol. The van der Waals surface area contributed by atoms with Crippen molar-refractivity contribution in [2.45, 2.75) is 0 Å². The Morgan fingerprint density at radius 1 is 1.12 bits per heavy atom. The summed E-state index contributed by atoms with van der Waals surface area (Å²) < 4.78 is 0. The third-order valence-corrected chi connectivity index (χ3v) is 2.95. The number of carbonyl (C=O) groups is 1. The van der Waals surface area contributed by atoms with Gasteiger partial charge in [0.1, 0.15) is 0 Å². The van der Waals surface area contributed by atoms with E-state index in [1.54, 1.807) is 36.7 Å². The molecule has 0 fully saturated rings. The van der Waals surface area contributed by atoms with Crippen molar-refractivity contribution in [3.63, 3.8) is 0 Å². The molecule has 80 valence electrons. The smallest absolute Gasteiger partial charge is 0.150 e. The van der Waals surface area contributed by atoms with Crippen LogP contribution in [0.5, 0.6) is 0 Å². The topological polar surface area (TPSA) is 30.0 Å². The van der Waals surface area contributed by atoms with Gasteiger partial charge in [-0.2, -0.15) is 0 Å². The molecular weight excluding hydrogens is 245 g/mol. The number of aldehydes is 1. The van der Waals surface area contributed by atoms with E-state index in [0.717, 1.165) is 17.4 Å². The maximum absolute atomic E-state index is 10.9. The summed E-state index contributed by atoms with van der Waals surface area (Å²) in [6.07, 6.45) is 3.99. The lowest BCUT2D eigenvalue weighted by Gasteiger charge is -2.05. The van der Waals surface area contributed by atoms with Crippen molar-refractivity contribution in [1.29, 1.82) is 0 Å². The van der Waals surface area contributed by atoms with Crippen LogP contribution in [0.4, 0.5) is 0 Å². The minimum Gasteiger partial charge on any atom is -0.298 e. The SMILES string of the molecule is O=Cc1ccncc1-c1ccc(Cl)c(Cl)c1. The van der Waals surface area contributed by atoms with Crippen molar-refractivity contribution >= 4 is 29.5 Å². The van der Waals surface area contributed by atoms with Crippen LogP contribution in [0.1, 0.15) is 10.4 Å². The minimum absolute atomic E-state index is 0.458. The van der Waals surface area contributed by atoms with Gasteiger partial charge in [0, 0.05) is 23.5 Å². The molecule has 1 heterocycles. The molecule has 0 N–H and O–H groups in total. The Morgan fingerprint density at radius 2 is 1.94 bits per heavy atom. The van der Waals surface area contributed by atoms with Crippen LogP contribution in [0, 0.1) is 0 Å². The molecule has 0 bridgehead atoms. The molecule has 4 heteroatoms. The highest BCUT2D eigenvalue weighted by Crippen LogP contribution is 2.29. The molecular formula is C12H7Cl2NO. The zero-order valence-electron chi connectivity index (χ0n) is 8.15. The maximum atomic E-state index is 10.9.